The molecule has 2 N–H and O–H groups in total. The number of anilines is 1. The fraction of sp³-hybridized carbons (Fsp3) is 0.385. The Morgan fingerprint density at radius 2 is 1.91 bits per heavy atom. The van der Waals surface area contributed by atoms with Gasteiger partial charge in [0.2, 0.25) is 0 Å². The summed E-state index contributed by atoms with van der Waals surface area (Å²) in [4.78, 5) is 19.1. The minimum atomic E-state index is -0.945. The second-order valence-corrected chi connectivity index (χ2v) is 9.92. The lowest BCUT2D eigenvalue weighted by molar-refractivity contribution is 0.101. The van der Waals surface area contributed by atoms with E-state index < -0.39 is 17.4 Å². The average molecular weight is 524 g/mol. The number of ketones is 1. The lowest BCUT2D eigenvalue weighted by Crippen LogP contribution is -2.55. The summed E-state index contributed by atoms with van der Waals surface area (Å²) in [5.74, 6) is -2.41. The molecule has 2 aromatic carbocycles. The molecule has 9 heteroatoms. The van der Waals surface area contributed by atoms with Gasteiger partial charge in [0.1, 0.15) is 5.82 Å². The molecule has 188 valence electrons. The normalized spacial score (nSPS) is 20.1. The van der Waals surface area contributed by atoms with E-state index in [1.807, 2.05) is 14.1 Å². The Hall–Kier alpha value is -2.48. The van der Waals surface area contributed by atoms with E-state index in [9.17, 15) is 14.3 Å². The fourth-order valence-electron chi connectivity index (χ4n) is 5.13. The molecule has 0 aliphatic heterocycles. The molecule has 1 heterocycles. The van der Waals surface area contributed by atoms with Gasteiger partial charge in [-0.25, -0.2) is 8.78 Å². The highest BCUT2D eigenvalue weighted by Gasteiger charge is 2.38. The van der Waals surface area contributed by atoms with E-state index in [2.05, 4.69) is 22.1 Å². The highest BCUT2D eigenvalue weighted by atomic mass is 35.5. The van der Waals surface area contributed by atoms with Crippen molar-refractivity contribution in [1.82, 2.24) is 9.88 Å². The molecule has 0 bridgehead atoms. The zero-order valence-corrected chi connectivity index (χ0v) is 21.7. The molecule has 35 heavy (non-hydrogen) atoms. The largest absolute Gasteiger partial charge is 0.504 e. The number of halogens is 4. The standard InChI is InChI=1S/C26H28ClF2N3O2.ClH/c1-14(33)18-13-30-22-12-20(28)16(15-9-19(27)25(34)21(29)10-15)11-17(22)24(18)31-26(2)8-6-5-7-23(26)32(3)4;/h9-13,23,34H,5-8H2,1-4H3,(H,30,31);1H. The highest BCUT2D eigenvalue weighted by molar-refractivity contribution is 6.32. The number of carbonyl (C=O) groups excluding carboxylic acids is 1. The summed E-state index contributed by atoms with van der Waals surface area (Å²) in [5.41, 5.74) is 1.30. The zero-order valence-electron chi connectivity index (χ0n) is 20.1. The van der Waals surface area contributed by atoms with Crippen LogP contribution in [0.15, 0.2) is 30.5 Å². The number of hydrogen-bond donors (Lipinski definition) is 2. The molecular weight excluding hydrogens is 495 g/mol. The Labute approximate surface area is 214 Å². The van der Waals surface area contributed by atoms with E-state index in [-0.39, 0.29) is 45.9 Å². The number of rotatable bonds is 5. The van der Waals surface area contributed by atoms with E-state index in [0.717, 1.165) is 31.7 Å². The number of phenolic OH excluding ortho intramolecular Hbond substituents is 1. The molecule has 4 rings (SSSR count). The molecule has 5 nitrogen and oxygen atoms in total. The van der Waals surface area contributed by atoms with Gasteiger partial charge in [-0.2, -0.15) is 0 Å². The average Bonchev–Trinajstić information content (AvgIpc) is 2.76. The van der Waals surface area contributed by atoms with Crippen LogP contribution >= 0.6 is 24.0 Å². The van der Waals surface area contributed by atoms with Gasteiger partial charge >= 0.3 is 0 Å². The minimum Gasteiger partial charge on any atom is -0.504 e. The van der Waals surface area contributed by atoms with Gasteiger partial charge in [-0.15, -0.1) is 12.4 Å². The summed E-state index contributed by atoms with van der Waals surface area (Å²) in [6.45, 7) is 3.62. The van der Waals surface area contributed by atoms with Crippen molar-refractivity contribution in [3.63, 3.8) is 0 Å². The molecule has 0 amide bonds. The van der Waals surface area contributed by atoms with Crippen LogP contribution in [0.5, 0.6) is 5.75 Å². The molecule has 1 aliphatic carbocycles. The maximum Gasteiger partial charge on any atom is 0.170 e. The first-order valence-electron chi connectivity index (χ1n) is 11.3. The van der Waals surface area contributed by atoms with Crippen LogP contribution in [-0.2, 0) is 0 Å². The lowest BCUT2D eigenvalue weighted by Gasteiger charge is -2.46. The number of pyridine rings is 1. The third-order valence-electron chi connectivity index (χ3n) is 6.86. The number of hydrogen-bond acceptors (Lipinski definition) is 5. The highest BCUT2D eigenvalue weighted by Crippen LogP contribution is 2.40. The molecule has 2 unspecified atom stereocenters. The van der Waals surface area contributed by atoms with E-state index >= 15 is 4.39 Å². The summed E-state index contributed by atoms with van der Waals surface area (Å²) in [6.07, 6.45) is 5.57. The van der Waals surface area contributed by atoms with Crippen LogP contribution in [-0.4, -0.2) is 46.4 Å². The molecule has 1 aromatic heterocycles. The van der Waals surface area contributed by atoms with Gasteiger partial charge in [-0.1, -0.05) is 24.4 Å². The number of aromatic hydroxyl groups is 1. The molecule has 2 atom stereocenters. The summed E-state index contributed by atoms with van der Waals surface area (Å²) < 4.78 is 29.3. The Kier molecular flexibility index (Phi) is 7.94. The number of phenols is 1. The predicted molar refractivity (Wildman–Crippen MR) is 139 cm³/mol. The maximum absolute atomic E-state index is 15.1. The lowest BCUT2D eigenvalue weighted by atomic mass is 9.77. The molecular formula is C26H29Cl2F2N3O2. The summed E-state index contributed by atoms with van der Waals surface area (Å²) >= 11 is 5.94. The third-order valence-corrected chi connectivity index (χ3v) is 7.15. The van der Waals surface area contributed by atoms with Crippen molar-refractivity contribution in [3.05, 3.63) is 52.7 Å². The Morgan fingerprint density at radius 1 is 1.20 bits per heavy atom. The molecule has 0 saturated heterocycles. The van der Waals surface area contributed by atoms with Crippen molar-refractivity contribution >= 4 is 46.4 Å². The smallest absolute Gasteiger partial charge is 0.170 e. The number of Topliss-reactive ketones (excluding diaryl/α,β-unsaturated/α-hetero) is 1. The van der Waals surface area contributed by atoms with Gasteiger partial charge in [0.15, 0.2) is 17.3 Å². The first kappa shape index (κ1) is 27.1. The van der Waals surface area contributed by atoms with Gasteiger partial charge in [0, 0.05) is 29.3 Å². The number of nitrogens with zero attached hydrogens (tertiary/aromatic N) is 2. The SMILES string of the molecule is CC(=O)c1cnc2cc(F)c(-c3cc(F)c(O)c(Cl)c3)cc2c1NC1(C)CCCCC1N(C)C.Cl. The molecule has 0 radical (unpaired) electrons. The van der Waals surface area contributed by atoms with Gasteiger partial charge in [0.05, 0.1) is 27.3 Å². The molecule has 1 fully saturated rings. The Morgan fingerprint density at radius 3 is 2.54 bits per heavy atom. The zero-order chi connectivity index (χ0) is 24.8. The summed E-state index contributed by atoms with van der Waals surface area (Å²) in [7, 11) is 4.09. The van der Waals surface area contributed by atoms with E-state index in [4.69, 9.17) is 11.6 Å². The van der Waals surface area contributed by atoms with Gasteiger partial charge in [-0.05, 0) is 64.5 Å². The fourth-order valence-corrected chi connectivity index (χ4v) is 5.34. The molecule has 3 aromatic rings. The quantitative estimate of drug-likeness (QED) is 0.358. The number of benzene rings is 2. The second kappa shape index (κ2) is 10.2. The molecule has 1 saturated carbocycles. The number of nitrogens with one attached hydrogen (secondary N) is 1. The van der Waals surface area contributed by atoms with Crippen LogP contribution in [0.4, 0.5) is 14.5 Å². The Balaban J connectivity index is 0.00000342. The predicted octanol–water partition coefficient (Wildman–Crippen LogP) is 6.84. The van der Waals surface area contributed by atoms with Crippen LogP contribution in [0, 0.1) is 11.6 Å². The van der Waals surface area contributed by atoms with E-state index in [0.29, 0.717) is 22.2 Å². The van der Waals surface area contributed by atoms with Crippen LogP contribution in [0.2, 0.25) is 5.02 Å². The molecule has 1 aliphatic rings. The van der Waals surface area contributed by atoms with Crippen LogP contribution < -0.4 is 5.32 Å². The summed E-state index contributed by atoms with van der Waals surface area (Å²) in [5, 5.41) is 13.7. The first-order valence-corrected chi connectivity index (χ1v) is 11.7. The summed E-state index contributed by atoms with van der Waals surface area (Å²) in [6, 6.07) is 5.40. The van der Waals surface area contributed by atoms with Crippen molar-refractivity contribution in [2.24, 2.45) is 0 Å². The van der Waals surface area contributed by atoms with Crippen molar-refractivity contribution < 1.29 is 18.7 Å². The van der Waals surface area contributed by atoms with Crippen LogP contribution in [0.25, 0.3) is 22.0 Å². The van der Waals surface area contributed by atoms with Gasteiger partial charge < -0.3 is 15.3 Å². The monoisotopic (exact) mass is 523 g/mol. The third kappa shape index (κ3) is 5.08. The second-order valence-electron chi connectivity index (χ2n) is 9.51. The Bertz CT molecular complexity index is 1260. The van der Waals surface area contributed by atoms with Crippen molar-refractivity contribution in [3.8, 4) is 16.9 Å². The van der Waals surface area contributed by atoms with Gasteiger partial charge in [0.25, 0.3) is 0 Å². The van der Waals surface area contributed by atoms with Crippen LogP contribution in [0.3, 0.4) is 0 Å². The van der Waals surface area contributed by atoms with Crippen molar-refractivity contribution in [1.29, 1.82) is 0 Å². The number of aromatic nitrogens is 1. The molecule has 0 spiro atoms. The number of fused-ring (bicyclic) bond motifs is 1. The number of carbonyl (C=O) groups is 1. The topological polar surface area (TPSA) is 65.5 Å². The number of likely N-dealkylation sites (N-methyl/N-ethyl adjacent to an activating group) is 1. The van der Waals surface area contributed by atoms with Gasteiger partial charge in [-0.3, -0.25) is 9.78 Å². The van der Waals surface area contributed by atoms with Crippen LogP contribution in [0.1, 0.15) is 49.9 Å². The van der Waals surface area contributed by atoms with E-state index in [1.165, 1.54) is 25.3 Å². The minimum absolute atomic E-state index is 0. The van der Waals surface area contributed by atoms with Crippen molar-refractivity contribution in [2.75, 3.05) is 19.4 Å². The first-order chi connectivity index (χ1) is 16.0. The van der Waals surface area contributed by atoms with Crippen molar-refractivity contribution in [2.45, 2.75) is 51.1 Å². The van der Waals surface area contributed by atoms with E-state index in [1.54, 1.807) is 6.07 Å². The maximum atomic E-state index is 15.1.